The van der Waals surface area contributed by atoms with Gasteiger partial charge in [-0.05, 0) is 68.3 Å². The summed E-state index contributed by atoms with van der Waals surface area (Å²) in [5.74, 6) is 1.68. The molecule has 0 radical (unpaired) electrons. The Hall–Kier alpha value is -1.99. The van der Waals surface area contributed by atoms with Gasteiger partial charge in [0.2, 0.25) is 5.91 Å². The third-order valence-corrected chi connectivity index (χ3v) is 6.03. The number of rotatable bonds is 7. The van der Waals surface area contributed by atoms with Crippen molar-refractivity contribution in [1.29, 1.82) is 0 Å². The molecule has 1 amide bonds. The first kappa shape index (κ1) is 20.7. The largest absolute Gasteiger partial charge is 0.496 e. The molecule has 28 heavy (non-hydrogen) atoms. The first-order chi connectivity index (χ1) is 13.5. The zero-order chi connectivity index (χ0) is 20.1. The van der Waals surface area contributed by atoms with Gasteiger partial charge in [-0.25, -0.2) is 4.99 Å². The van der Waals surface area contributed by atoms with E-state index < -0.39 is 0 Å². The van der Waals surface area contributed by atoms with Crippen LogP contribution in [-0.2, 0) is 11.2 Å². The summed E-state index contributed by atoms with van der Waals surface area (Å²) in [6, 6.07) is 13.4. The summed E-state index contributed by atoms with van der Waals surface area (Å²) in [6.07, 6.45) is 0.588. The Kier molecular flexibility index (Phi) is 7.02. The Bertz CT molecular complexity index is 870. The summed E-state index contributed by atoms with van der Waals surface area (Å²) in [7, 11) is 1.65. The molecule has 7 heteroatoms. The van der Waals surface area contributed by atoms with Crippen LogP contribution < -0.4 is 9.47 Å². The lowest BCUT2D eigenvalue weighted by molar-refractivity contribution is -0.126. The second kappa shape index (κ2) is 9.47. The minimum absolute atomic E-state index is 0.0826. The molecular formula is C21H23BrN2O3S. The Morgan fingerprint density at radius 2 is 1.93 bits per heavy atom. The molecule has 0 saturated carbocycles. The van der Waals surface area contributed by atoms with E-state index in [9.17, 15) is 4.79 Å². The third kappa shape index (κ3) is 4.70. The van der Waals surface area contributed by atoms with Gasteiger partial charge in [0.1, 0.15) is 11.5 Å². The highest BCUT2D eigenvalue weighted by Gasteiger charge is 2.37. The van der Waals surface area contributed by atoms with E-state index in [1.807, 2.05) is 56.3 Å². The van der Waals surface area contributed by atoms with Crippen molar-refractivity contribution >= 4 is 44.5 Å². The Morgan fingerprint density at radius 3 is 2.57 bits per heavy atom. The number of methoxy groups -OCH3 is 1. The molecule has 0 unspecified atom stereocenters. The molecule has 0 bridgehead atoms. The lowest BCUT2D eigenvalue weighted by atomic mass is 10.1. The number of benzene rings is 2. The molecule has 0 N–H and O–H groups in total. The van der Waals surface area contributed by atoms with Crippen molar-refractivity contribution in [3.05, 3.63) is 52.5 Å². The average molecular weight is 463 g/mol. The summed E-state index contributed by atoms with van der Waals surface area (Å²) >= 11 is 5.00. The molecule has 1 heterocycles. The van der Waals surface area contributed by atoms with E-state index in [1.165, 1.54) is 11.8 Å². The number of hydrogen-bond donors (Lipinski definition) is 0. The Balaban J connectivity index is 1.81. The van der Waals surface area contributed by atoms with Crippen molar-refractivity contribution < 1.29 is 14.3 Å². The van der Waals surface area contributed by atoms with Gasteiger partial charge >= 0.3 is 0 Å². The van der Waals surface area contributed by atoms with E-state index in [2.05, 4.69) is 15.9 Å². The van der Waals surface area contributed by atoms with Crippen molar-refractivity contribution in [3.63, 3.8) is 0 Å². The standard InChI is InChI=1S/C21H23BrN2O3S/c1-4-24-20(25)19(13-14-12-15(22)6-11-18(14)26-3)28-21(24)23-16-7-9-17(10-8-16)27-5-2/h6-12,19H,4-5,13H2,1-3H3/t19-/m0/s1. The highest BCUT2D eigenvalue weighted by Crippen LogP contribution is 2.34. The van der Waals surface area contributed by atoms with E-state index in [1.54, 1.807) is 12.0 Å². The van der Waals surface area contributed by atoms with Crippen LogP contribution in [0.4, 0.5) is 5.69 Å². The van der Waals surface area contributed by atoms with Crippen LogP contribution in [0, 0.1) is 0 Å². The number of halogens is 1. The molecule has 5 nitrogen and oxygen atoms in total. The predicted octanol–water partition coefficient (Wildman–Crippen LogP) is 5.05. The van der Waals surface area contributed by atoms with Gasteiger partial charge in [0, 0.05) is 11.0 Å². The minimum atomic E-state index is -0.218. The van der Waals surface area contributed by atoms with E-state index in [4.69, 9.17) is 14.5 Å². The lowest BCUT2D eigenvalue weighted by Gasteiger charge is -2.14. The molecular weight excluding hydrogens is 440 g/mol. The van der Waals surface area contributed by atoms with Crippen LogP contribution in [0.2, 0.25) is 0 Å². The normalized spacial score (nSPS) is 18.0. The number of carbonyl (C=O) groups excluding carboxylic acids is 1. The summed E-state index contributed by atoms with van der Waals surface area (Å²) in [6.45, 7) is 5.14. The van der Waals surface area contributed by atoms with E-state index in [0.717, 1.165) is 32.4 Å². The summed E-state index contributed by atoms with van der Waals surface area (Å²) in [5.41, 5.74) is 1.80. The van der Waals surface area contributed by atoms with Gasteiger partial charge in [-0.3, -0.25) is 9.69 Å². The van der Waals surface area contributed by atoms with Gasteiger partial charge < -0.3 is 9.47 Å². The molecule has 0 aromatic heterocycles. The molecule has 1 saturated heterocycles. The van der Waals surface area contributed by atoms with Crippen LogP contribution in [0.3, 0.4) is 0 Å². The number of aliphatic imine (C=N–C) groups is 1. The highest BCUT2D eigenvalue weighted by molar-refractivity contribution is 9.10. The molecule has 1 fully saturated rings. The molecule has 2 aromatic carbocycles. The number of amidine groups is 1. The van der Waals surface area contributed by atoms with Crippen LogP contribution in [0.1, 0.15) is 19.4 Å². The van der Waals surface area contributed by atoms with E-state index >= 15 is 0 Å². The van der Waals surface area contributed by atoms with Gasteiger partial charge in [0.15, 0.2) is 5.17 Å². The van der Waals surface area contributed by atoms with Crippen molar-refractivity contribution in [1.82, 2.24) is 4.90 Å². The highest BCUT2D eigenvalue weighted by atomic mass is 79.9. The summed E-state index contributed by atoms with van der Waals surface area (Å²) < 4.78 is 11.9. The molecule has 2 aromatic rings. The summed E-state index contributed by atoms with van der Waals surface area (Å²) in [4.78, 5) is 19.4. The molecule has 0 aliphatic carbocycles. The van der Waals surface area contributed by atoms with Gasteiger partial charge in [-0.15, -0.1) is 0 Å². The maximum absolute atomic E-state index is 12.9. The average Bonchev–Trinajstić information content (AvgIpc) is 2.98. The smallest absolute Gasteiger partial charge is 0.242 e. The zero-order valence-corrected chi connectivity index (χ0v) is 18.5. The fourth-order valence-corrected chi connectivity index (χ4v) is 4.67. The van der Waals surface area contributed by atoms with E-state index in [0.29, 0.717) is 19.6 Å². The Morgan fingerprint density at radius 1 is 1.18 bits per heavy atom. The van der Waals surface area contributed by atoms with Crippen molar-refractivity contribution in [2.75, 3.05) is 20.3 Å². The van der Waals surface area contributed by atoms with Crippen LogP contribution in [-0.4, -0.2) is 41.5 Å². The number of carbonyl (C=O) groups is 1. The van der Waals surface area contributed by atoms with Crippen molar-refractivity contribution in [3.8, 4) is 11.5 Å². The fraction of sp³-hybridized carbons (Fsp3) is 0.333. The van der Waals surface area contributed by atoms with Gasteiger partial charge in [0.05, 0.1) is 24.7 Å². The molecule has 1 aliphatic heterocycles. The molecule has 1 aliphatic rings. The zero-order valence-electron chi connectivity index (χ0n) is 16.1. The Labute approximate surface area is 178 Å². The van der Waals surface area contributed by atoms with Gasteiger partial charge in [-0.2, -0.15) is 0 Å². The van der Waals surface area contributed by atoms with Crippen LogP contribution in [0.15, 0.2) is 51.9 Å². The quantitative estimate of drug-likeness (QED) is 0.577. The second-order valence-electron chi connectivity index (χ2n) is 6.17. The number of amides is 1. The molecule has 3 rings (SSSR count). The summed E-state index contributed by atoms with van der Waals surface area (Å²) in [5, 5.41) is 0.514. The first-order valence-corrected chi connectivity index (χ1v) is 10.8. The number of ether oxygens (including phenoxy) is 2. The van der Waals surface area contributed by atoms with Crippen LogP contribution in [0.25, 0.3) is 0 Å². The molecule has 0 spiro atoms. The number of hydrogen-bond acceptors (Lipinski definition) is 5. The number of thioether (sulfide) groups is 1. The third-order valence-electron chi connectivity index (χ3n) is 4.36. The fourth-order valence-electron chi connectivity index (χ4n) is 3.02. The van der Waals surface area contributed by atoms with Gasteiger partial charge in [-0.1, -0.05) is 27.7 Å². The van der Waals surface area contributed by atoms with Crippen LogP contribution in [0.5, 0.6) is 11.5 Å². The second-order valence-corrected chi connectivity index (χ2v) is 8.26. The van der Waals surface area contributed by atoms with Crippen molar-refractivity contribution in [2.45, 2.75) is 25.5 Å². The van der Waals surface area contributed by atoms with Crippen LogP contribution >= 0.6 is 27.7 Å². The maximum Gasteiger partial charge on any atom is 0.242 e. The number of nitrogens with zero attached hydrogens (tertiary/aromatic N) is 2. The van der Waals surface area contributed by atoms with Gasteiger partial charge in [0.25, 0.3) is 0 Å². The molecule has 148 valence electrons. The maximum atomic E-state index is 12.9. The SMILES string of the molecule is CCOc1ccc(N=C2S[C@@H](Cc3cc(Br)ccc3OC)C(=O)N2CC)cc1. The monoisotopic (exact) mass is 462 g/mol. The van der Waals surface area contributed by atoms with E-state index in [-0.39, 0.29) is 11.2 Å². The minimum Gasteiger partial charge on any atom is -0.496 e. The predicted molar refractivity (Wildman–Crippen MR) is 118 cm³/mol. The van der Waals surface area contributed by atoms with Crippen molar-refractivity contribution in [2.24, 2.45) is 4.99 Å². The first-order valence-electron chi connectivity index (χ1n) is 9.17. The lowest BCUT2D eigenvalue weighted by Crippen LogP contribution is -2.32. The molecule has 1 atom stereocenters. The topological polar surface area (TPSA) is 51.1 Å².